The molecule has 1 aromatic heterocycles. The Balaban J connectivity index is 1.57. The summed E-state index contributed by atoms with van der Waals surface area (Å²) in [6.07, 6.45) is 1.71. The highest BCUT2D eigenvalue weighted by atomic mass is 79.9. The molecule has 0 bridgehead atoms. The third kappa shape index (κ3) is 5.80. The highest BCUT2D eigenvalue weighted by Gasteiger charge is 2.07. The Morgan fingerprint density at radius 3 is 2.56 bits per heavy atom. The fourth-order valence-corrected chi connectivity index (χ4v) is 3.22. The van der Waals surface area contributed by atoms with E-state index in [1.807, 2.05) is 61.5 Å². The van der Waals surface area contributed by atoms with Gasteiger partial charge in [0, 0.05) is 21.9 Å². The molecule has 0 spiro atoms. The molecule has 27 heavy (non-hydrogen) atoms. The van der Waals surface area contributed by atoms with Crippen LogP contribution in [0, 0.1) is 0 Å². The molecule has 0 unspecified atom stereocenters. The third-order valence-electron chi connectivity index (χ3n) is 3.55. The Bertz CT molecular complexity index is 902. The number of anilines is 1. The number of thioether (sulfide) groups is 1. The fraction of sp³-hybridized carbons (Fsp3) is 0.150. The zero-order valence-corrected chi connectivity index (χ0v) is 17.1. The molecule has 0 saturated heterocycles. The highest BCUT2D eigenvalue weighted by molar-refractivity contribution is 9.10. The number of nitrogens with zero attached hydrogens (tertiary/aromatic N) is 2. The predicted octanol–water partition coefficient (Wildman–Crippen LogP) is 5.04. The van der Waals surface area contributed by atoms with Gasteiger partial charge in [-0.2, -0.15) is 0 Å². The van der Waals surface area contributed by atoms with Crippen LogP contribution in [0.2, 0.25) is 0 Å². The lowest BCUT2D eigenvalue weighted by Gasteiger charge is -2.07. The van der Waals surface area contributed by atoms with E-state index in [1.54, 1.807) is 6.20 Å². The third-order valence-corrected chi connectivity index (χ3v) is 4.94. The summed E-state index contributed by atoms with van der Waals surface area (Å²) >= 11 is 4.73. The Hall–Kier alpha value is -2.38. The van der Waals surface area contributed by atoms with Crippen molar-refractivity contribution < 1.29 is 9.53 Å². The first-order valence-corrected chi connectivity index (χ1v) is 10.2. The molecule has 5 nitrogen and oxygen atoms in total. The van der Waals surface area contributed by atoms with Crippen molar-refractivity contribution in [1.29, 1.82) is 0 Å². The lowest BCUT2D eigenvalue weighted by atomic mass is 10.1. The van der Waals surface area contributed by atoms with E-state index in [4.69, 9.17) is 4.74 Å². The number of nitrogens with one attached hydrogen (secondary N) is 1. The Morgan fingerprint density at radius 2 is 1.85 bits per heavy atom. The van der Waals surface area contributed by atoms with Crippen LogP contribution < -0.4 is 10.1 Å². The van der Waals surface area contributed by atoms with Crippen LogP contribution in [0.15, 0.2) is 70.4 Å². The molecule has 1 heterocycles. The number of hydrogen-bond donors (Lipinski definition) is 1. The number of carbonyl (C=O) groups excluding carboxylic acids is 1. The Kier molecular flexibility index (Phi) is 6.84. The van der Waals surface area contributed by atoms with Gasteiger partial charge in [-0.15, -0.1) is 0 Å². The van der Waals surface area contributed by atoms with Crippen LogP contribution in [-0.4, -0.2) is 28.2 Å². The van der Waals surface area contributed by atoms with Crippen LogP contribution in [0.25, 0.3) is 11.3 Å². The van der Waals surface area contributed by atoms with Crippen LogP contribution in [0.5, 0.6) is 5.75 Å². The minimum Gasteiger partial charge on any atom is -0.494 e. The lowest BCUT2D eigenvalue weighted by Crippen LogP contribution is -2.14. The first-order valence-electron chi connectivity index (χ1n) is 8.38. The topological polar surface area (TPSA) is 64.1 Å². The number of ether oxygens (including phenoxy) is 1. The minimum absolute atomic E-state index is 0.109. The molecule has 7 heteroatoms. The van der Waals surface area contributed by atoms with E-state index in [0.717, 1.165) is 27.2 Å². The zero-order chi connectivity index (χ0) is 19.1. The van der Waals surface area contributed by atoms with Gasteiger partial charge in [0.2, 0.25) is 5.91 Å². The molecule has 0 atom stereocenters. The second-order valence-corrected chi connectivity index (χ2v) is 7.38. The lowest BCUT2D eigenvalue weighted by molar-refractivity contribution is -0.113. The van der Waals surface area contributed by atoms with Crippen molar-refractivity contribution in [3.05, 3.63) is 65.3 Å². The van der Waals surface area contributed by atoms with Gasteiger partial charge in [0.05, 0.1) is 18.1 Å². The van der Waals surface area contributed by atoms with E-state index in [-0.39, 0.29) is 11.7 Å². The molecule has 3 rings (SSSR count). The maximum absolute atomic E-state index is 12.2. The van der Waals surface area contributed by atoms with Crippen molar-refractivity contribution in [3.63, 3.8) is 0 Å². The number of carbonyl (C=O) groups is 1. The summed E-state index contributed by atoms with van der Waals surface area (Å²) < 4.78 is 6.40. The van der Waals surface area contributed by atoms with E-state index in [0.29, 0.717) is 11.8 Å². The van der Waals surface area contributed by atoms with Crippen molar-refractivity contribution in [3.8, 4) is 17.0 Å². The van der Waals surface area contributed by atoms with Gasteiger partial charge >= 0.3 is 0 Å². The van der Waals surface area contributed by atoms with Crippen molar-refractivity contribution in [2.24, 2.45) is 0 Å². The van der Waals surface area contributed by atoms with Crippen LogP contribution in [0.4, 0.5) is 5.69 Å². The summed E-state index contributed by atoms with van der Waals surface area (Å²) in [6.45, 7) is 2.54. The number of halogens is 1. The van der Waals surface area contributed by atoms with Crippen molar-refractivity contribution in [2.75, 3.05) is 17.7 Å². The van der Waals surface area contributed by atoms with Gasteiger partial charge in [-0.25, -0.2) is 9.97 Å². The largest absolute Gasteiger partial charge is 0.494 e. The zero-order valence-electron chi connectivity index (χ0n) is 14.7. The summed E-state index contributed by atoms with van der Waals surface area (Å²) in [5.41, 5.74) is 2.56. The number of aromatic nitrogens is 2. The summed E-state index contributed by atoms with van der Waals surface area (Å²) in [5, 5.41) is 3.42. The molecule has 3 aromatic rings. The summed E-state index contributed by atoms with van der Waals surface area (Å²) in [7, 11) is 0. The molecule has 0 radical (unpaired) electrons. The smallest absolute Gasteiger partial charge is 0.234 e. The molecular weight excluding hydrogens is 426 g/mol. The predicted molar refractivity (Wildman–Crippen MR) is 112 cm³/mol. The van der Waals surface area contributed by atoms with Gasteiger partial charge in [-0.05, 0) is 49.4 Å². The Morgan fingerprint density at radius 1 is 1.11 bits per heavy atom. The average molecular weight is 444 g/mol. The fourth-order valence-electron chi connectivity index (χ4n) is 2.32. The number of hydrogen-bond acceptors (Lipinski definition) is 5. The molecule has 138 valence electrons. The van der Waals surface area contributed by atoms with Gasteiger partial charge in [0.1, 0.15) is 5.75 Å². The molecule has 2 aromatic carbocycles. The maximum Gasteiger partial charge on any atom is 0.234 e. The van der Waals surface area contributed by atoms with Gasteiger partial charge in [0.25, 0.3) is 0 Å². The van der Waals surface area contributed by atoms with Crippen LogP contribution in [0.3, 0.4) is 0 Å². The second kappa shape index (κ2) is 9.53. The van der Waals surface area contributed by atoms with Gasteiger partial charge in [0.15, 0.2) is 5.16 Å². The average Bonchev–Trinajstić information content (AvgIpc) is 2.69. The second-order valence-electron chi connectivity index (χ2n) is 5.53. The van der Waals surface area contributed by atoms with Crippen molar-refractivity contribution in [2.45, 2.75) is 12.1 Å². The van der Waals surface area contributed by atoms with E-state index in [1.165, 1.54) is 11.8 Å². The maximum atomic E-state index is 12.2. The van der Waals surface area contributed by atoms with Gasteiger partial charge in [-0.1, -0.05) is 39.8 Å². The first-order chi connectivity index (χ1) is 13.1. The molecule has 1 N–H and O–H groups in total. The van der Waals surface area contributed by atoms with Crippen LogP contribution in [0.1, 0.15) is 6.92 Å². The SMILES string of the molecule is CCOc1ccc(NC(=O)CSc2nccc(-c3ccc(Br)cc3)n2)cc1. The van der Waals surface area contributed by atoms with Gasteiger partial charge in [-0.3, -0.25) is 4.79 Å². The molecule has 0 aliphatic carbocycles. The highest BCUT2D eigenvalue weighted by Crippen LogP contribution is 2.22. The minimum atomic E-state index is -0.109. The standard InChI is InChI=1S/C20H18BrN3O2S/c1-2-26-17-9-7-16(8-10-17)23-19(25)13-27-20-22-12-11-18(24-20)14-3-5-15(21)6-4-14/h3-12H,2,13H2,1H3,(H,23,25). The molecule has 0 aliphatic rings. The van der Waals surface area contributed by atoms with Crippen molar-refractivity contribution >= 4 is 39.3 Å². The van der Waals surface area contributed by atoms with Gasteiger partial charge < -0.3 is 10.1 Å². The van der Waals surface area contributed by atoms with Crippen LogP contribution in [-0.2, 0) is 4.79 Å². The molecular formula is C20H18BrN3O2S. The van der Waals surface area contributed by atoms with E-state index < -0.39 is 0 Å². The number of benzene rings is 2. The molecule has 0 aliphatic heterocycles. The van der Waals surface area contributed by atoms with Crippen molar-refractivity contribution in [1.82, 2.24) is 9.97 Å². The number of amides is 1. The van der Waals surface area contributed by atoms with E-state index >= 15 is 0 Å². The van der Waals surface area contributed by atoms with E-state index in [9.17, 15) is 4.79 Å². The summed E-state index contributed by atoms with van der Waals surface area (Å²) in [5.74, 6) is 0.904. The molecule has 0 saturated carbocycles. The monoisotopic (exact) mass is 443 g/mol. The Labute approximate surface area is 170 Å². The molecule has 1 amide bonds. The first kappa shape index (κ1) is 19.4. The van der Waals surface area contributed by atoms with Crippen LogP contribution >= 0.6 is 27.7 Å². The summed E-state index contributed by atoms with van der Waals surface area (Å²) in [4.78, 5) is 20.9. The normalized spacial score (nSPS) is 10.4. The quantitative estimate of drug-likeness (QED) is 0.409. The van der Waals surface area contributed by atoms with E-state index in [2.05, 4.69) is 31.2 Å². The summed E-state index contributed by atoms with van der Waals surface area (Å²) in [6, 6.07) is 17.1. The molecule has 0 fully saturated rings. The number of rotatable bonds is 7.